The highest BCUT2D eigenvalue weighted by molar-refractivity contribution is 5.68. The van der Waals surface area contributed by atoms with Crippen molar-refractivity contribution >= 4 is 11.4 Å². The van der Waals surface area contributed by atoms with Gasteiger partial charge in [0.05, 0.1) is 6.67 Å². The minimum absolute atomic E-state index is 1.02. The summed E-state index contributed by atoms with van der Waals surface area (Å²) >= 11 is 0. The largest absolute Gasteiger partial charge is 0.349 e. The van der Waals surface area contributed by atoms with Crippen molar-refractivity contribution in [3.63, 3.8) is 0 Å². The quantitative estimate of drug-likeness (QED) is 0.694. The highest BCUT2D eigenvalue weighted by Crippen LogP contribution is 2.38. The lowest BCUT2D eigenvalue weighted by atomic mass is 9.99. The predicted molar refractivity (Wildman–Crippen MR) is 90.9 cm³/mol. The Morgan fingerprint density at radius 1 is 0.714 bits per heavy atom. The second-order valence-corrected chi connectivity index (χ2v) is 5.80. The van der Waals surface area contributed by atoms with Crippen molar-refractivity contribution in [2.45, 2.75) is 40.8 Å². The maximum Gasteiger partial charge on any atom is 0.0910 e. The molecule has 0 aromatic heterocycles. The van der Waals surface area contributed by atoms with Crippen molar-refractivity contribution in [2.75, 3.05) is 16.5 Å². The van der Waals surface area contributed by atoms with Gasteiger partial charge in [-0.25, -0.2) is 0 Å². The third-order valence-electron chi connectivity index (χ3n) is 4.22. The Bertz CT molecular complexity index is 603. The molecular formula is C19H24N2. The van der Waals surface area contributed by atoms with E-state index >= 15 is 0 Å². The summed E-state index contributed by atoms with van der Waals surface area (Å²) < 4.78 is 0. The lowest BCUT2D eigenvalue weighted by molar-refractivity contribution is 0.650. The van der Waals surface area contributed by atoms with Gasteiger partial charge in [0.1, 0.15) is 0 Å². The fourth-order valence-electron chi connectivity index (χ4n) is 3.34. The van der Waals surface area contributed by atoms with Crippen LogP contribution in [0.4, 0.5) is 11.4 Å². The van der Waals surface area contributed by atoms with Crippen LogP contribution in [0.1, 0.15) is 36.1 Å². The lowest BCUT2D eigenvalue weighted by Crippen LogP contribution is -2.46. The van der Waals surface area contributed by atoms with Crippen molar-refractivity contribution in [1.29, 1.82) is 0 Å². The van der Waals surface area contributed by atoms with Crippen LogP contribution in [0.25, 0.3) is 0 Å². The first-order valence-corrected chi connectivity index (χ1v) is 7.90. The van der Waals surface area contributed by atoms with Crippen LogP contribution < -0.4 is 9.80 Å². The van der Waals surface area contributed by atoms with Crippen LogP contribution in [0.5, 0.6) is 0 Å². The van der Waals surface area contributed by atoms with Crippen molar-refractivity contribution in [3.8, 4) is 0 Å². The Hall–Kier alpha value is -1.96. The van der Waals surface area contributed by atoms with Gasteiger partial charge in [0.15, 0.2) is 0 Å². The molecule has 2 aliphatic rings. The number of hydrogen-bond acceptors (Lipinski definition) is 2. The van der Waals surface area contributed by atoms with Gasteiger partial charge in [0.2, 0.25) is 0 Å². The summed E-state index contributed by atoms with van der Waals surface area (Å²) in [6.45, 7) is 11.4. The molecule has 0 fully saturated rings. The summed E-state index contributed by atoms with van der Waals surface area (Å²) in [5.74, 6) is 0. The van der Waals surface area contributed by atoms with Crippen LogP contribution >= 0.6 is 0 Å². The number of fused-ring (bicyclic) bond motifs is 6. The summed E-state index contributed by atoms with van der Waals surface area (Å²) in [6, 6.07) is 13.7. The van der Waals surface area contributed by atoms with E-state index in [4.69, 9.17) is 0 Å². The van der Waals surface area contributed by atoms with Crippen LogP contribution in [-0.4, -0.2) is 6.67 Å². The van der Waals surface area contributed by atoms with E-state index in [9.17, 15) is 0 Å². The zero-order chi connectivity index (χ0) is 15.0. The number of benzene rings is 2. The highest BCUT2D eigenvalue weighted by atomic mass is 15.4. The van der Waals surface area contributed by atoms with Crippen LogP contribution in [0.2, 0.25) is 0 Å². The van der Waals surface area contributed by atoms with Gasteiger partial charge in [-0.15, -0.1) is 0 Å². The van der Waals surface area contributed by atoms with Crippen molar-refractivity contribution in [2.24, 2.45) is 0 Å². The number of anilines is 2. The summed E-state index contributed by atoms with van der Waals surface area (Å²) in [6.07, 6.45) is 0. The van der Waals surface area contributed by atoms with Gasteiger partial charge in [0.25, 0.3) is 0 Å². The first-order chi connectivity index (χ1) is 10.2. The van der Waals surface area contributed by atoms with Crippen molar-refractivity contribution in [1.82, 2.24) is 0 Å². The average Bonchev–Trinajstić information content (AvgIpc) is 2.48. The Kier molecular flexibility index (Phi) is 3.62. The van der Waals surface area contributed by atoms with E-state index in [1.807, 2.05) is 13.8 Å². The molecule has 2 bridgehead atoms. The number of nitrogens with zero attached hydrogens (tertiary/aromatic N) is 2. The molecule has 0 spiro atoms. The maximum absolute atomic E-state index is 2.49. The summed E-state index contributed by atoms with van der Waals surface area (Å²) in [7, 11) is 0. The number of aryl methyl sites for hydroxylation is 2. The molecule has 2 heterocycles. The molecular weight excluding hydrogens is 256 g/mol. The zero-order valence-electron chi connectivity index (χ0n) is 13.5. The normalized spacial score (nSPS) is 14.9. The molecule has 0 radical (unpaired) electrons. The van der Waals surface area contributed by atoms with Gasteiger partial charge in [-0.2, -0.15) is 0 Å². The molecule has 0 N–H and O–H groups in total. The minimum Gasteiger partial charge on any atom is -0.349 e. The fraction of sp³-hybridized carbons (Fsp3) is 0.368. The van der Waals surface area contributed by atoms with E-state index in [1.165, 1.54) is 33.6 Å². The second-order valence-electron chi connectivity index (χ2n) is 5.80. The Labute approximate surface area is 128 Å². The van der Waals surface area contributed by atoms with Crippen molar-refractivity contribution < 1.29 is 0 Å². The van der Waals surface area contributed by atoms with E-state index in [1.54, 1.807) is 0 Å². The maximum atomic E-state index is 2.49. The van der Waals surface area contributed by atoms with E-state index in [2.05, 4.69) is 60.0 Å². The first-order valence-electron chi connectivity index (χ1n) is 7.90. The van der Waals surface area contributed by atoms with Crippen LogP contribution in [0.3, 0.4) is 0 Å². The zero-order valence-corrected chi connectivity index (χ0v) is 13.5. The van der Waals surface area contributed by atoms with E-state index in [0.717, 1.165) is 19.8 Å². The lowest BCUT2D eigenvalue weighted by Gasteiger charge is -2.45. The number of hydrogen-bond donors (Lipinski definition) is 0. The Morgan fingerprint density at radius 2 is 1.14 bits per heavy atom. The van der Waals surface area contributed by atoms with Gasteiger partial charge < -0.3 is 9.80 Å². The Balaban J connectivity index is 0.000000636. The smallest absolute Gasteiger partial charge is 0.0910 e. The molecule has 0 saturated carbocycles. The van der Waals surface area contributed by atoms with Crippen molar-refractivity contribution in [3.05, 3.63) is 58.7 Å². The molecule has 2 heteroatoms. The monoisotopic (exact) mass is 280 g/mol. The van der Waals surface area contributed by atoms with Gasteiger partial charge >= 0.3 is 0 Å². The molecule has 0 amide bonds. The predicted octanol–water partition coefficient (Wildman–Crippen LogP) is 4.63. The average molecular weight is 280 g/mol. The molecule has 2 aromatic carbocycles. The van der Waals surface area contributed by atoms with Gasteiger partial charge in [0, 0.05) is 24.5 Å². The van der Waals surface area contributed by atoms with Gasteiger partial charge in [-0.1, -0.05) is 49.2 Å². The van der Waals surface area contributed by atoms with Crippen LogP contribution in [0, 0.1) is 13.8 Å². The van der Waals surface area contributed by atoms with Crippen LogP contribution in [0.15, 0.2) is 36.4 Å². The molecule has 2 nitrogen and oxygen atoms in total. The van der Waals surface area contributed by atoms with E-state index < -0.39 is 0 Å². The molecule has 0 aliphatic carbocycles. The molecule has 4 rings (SSSR count). The third-order valence-corrected chi connectivity index (χ3v) is 4.22. The molecule has 21 heavy (non-hydrogen) atoms. The number of rotatable bonds is 0. The fourth-order valence-corrected chi connectivity index (χ4v) is 3.34. The highest BCUT2D eigenvalue weighted by Gasteiger charge is 2.28. The molecule has 2 aliphatic heterocycles. The molecule has 0 saturated heterocycles. The summed E-state index contributed by atoms with van der Waals surface area (Å²) in [5, 5.41) is 0. The van der Waals surface area contributed by atoms with Crippen LogP contribution in [-0.2, 0) is 13.1 Å². The minimum atomic E-state index is 1.02. The molecule has 0 atom stereocenters. The molecule has 0 unspecified atom stereocenters. The first kappa shape index (κ1) is 14.0. The van der Waals surface area contributed by atoms with Gasteiger partial charge in [-0.3, -0.25) is 0 Å². The topological polar surface area (TPSA) is 6.48 Å². The third kappa shape index (κ3) is 2.39. The second kappa shape index (κ2) is 5.44. The van der Waals surface area contributed by atoms with E-state index in [-0.39, 0.29) is 0 Å². The summed E-state index contributed by atoms with van der Waals surface area (Å²) in [4.78, 5) is 4.97. The SMILES string of the molecule is CC.Cc1ccc2c(c1)CN1CN2Cc2cc(C)ccc21. The van der Waals surface area contributed by atoms with E-state index in [0.29, 0.717) is 0 Å². The standard InChI is InChI=1S/C17H18N2.C2H6/c1-12-3-5-16-14(7-12)9-18-11-19(16)10-15-8-13(2)4-6-17(15)18;1-2/h3-8H,9-11H2,1-2H3;1-2H3. The summed E-state index contributed by atoms with van der Waals surface area (Å²) in [5.41, 5.74) is 8.44. The Morgan fingerprint density at radius 3 is 1.57 bits per heavy atom. The molecule has 110 valence electrons. The molecule has 2 aromatic rings. The van der Waals surface area contributed by atoms with Gasteiger partial charge in [-0.05, 0) is 37.1 Å².